The summed E-state index contributed by atoms with van der Waals surface area (Å²) in [5.74, 6) is 0.623. The summed E-state index contributed by atoms with van der Waals surface area (Å²) in [6, 6.07) is 14.1. The molecule has 0 radical (unpaired) electrons. The number of benzene rings is 2. The number of carbonyl (C=O) groups is 1. The van der Waals surface area contributed by atoms with Crippen LogP contribution in [0.1, 0.15) is 6.92 Å². The molecule has 1 atom stereocenters. The monoisotopic (exact) mass is 304 g/mol. The van der Waals surface area contributed by atoms with Crippen molar-refractivity contribution in [3.05, 3.63) is 53.6 Å². The van der Waals surface area contributed by atoms with Gasteiger partial charge in [0.05, 0.1) is 7.11 Å². The quantitative estimate of drug-likeness (QED) is 0.883. The molecule has 2 aromatic carbocycles. The predicted molar refractivity (Wildman–Crippen MR) is 86.2 cm³/mol. The fourth-order valence-corrected chi connectivity index (χ4v) is 2.01. The molecule has 2 N–H and O–H groups in total. The summed E-state index contributed by atoms with van der Waals surface area (Å²) in [5.41, 5.74) is 1.53. The van der Waals surface area contributed by atoms with E-state index < -0.39 is 0 Å². The Labute approximate surface area is 129 Å². The smallest absolute Gasteiger partial charge is 0.246 e. The number of hydrogen-bond donors (Lipinski definition) is 2. The normalized spacial score (nSPS) is 11.6. The second-order valence-electron chi connectivity index (χ2n) is 4.59. The molecule has 1 amide bonds. The molecule has 21 heavy (non-hydrogen) atoms. The predicted octanol–water partition coefficient (Wildman–Crippen LogP) is 3.79. The van der Waals surface area contributed by atoms with E-state index in [0.29, 0.717) is 5.02 Å². The molecular formula is C16H17ClN2O2. The maximum Gasteiger partial charge on any atom is 0.246 e. The van der Waals surface area contributed by atoms with E-state index in [1.165, 1.54) is 0 Å². The van der Waals surface area contributed by atoms with Crippen molar-refractivity contribution in [1.82, 2.24) is 0 Å². The number of ether oxygens (including phenoxy) is 1. The van der Waals surface area contributed by atoms with Gasteiger partial charge in [-0.25, -0.2) is 0 Å². The molecule has 0 aliphatic carbocycles. The van der Waals surface area contributed by atoms with Crippen LogP contribution < -0.4 is 15.4 Å². The average Bonchev–Trinajstić information content (AvgIpc) is 2.48. The van der Waals surface area contributed by atoms with Crippen LogP contribution in [-0.2, 0) is 4.79 Å². The lowest BCUT2D eigenvalue weighted by Gasteiger charge is -2.15. The first kappa shape index (κ1) is 15.2. The van der Waals surface area contributed by atoms with Crippen LogP contribution in [0.5, 0.6) is 5.75 Å². The zero-order valence-corrected chi connectivity index (χ0v) is 12.6. The maximum atomic E-state index is 12.1. The third kappa shape index (κ3) is 4.39. The Morgan fingerprint density at radius 1 is 1.14 bits per heavy atom. The highest BCUT2D eigenvalue weighted by atomic mass is 35.5. The van der Waals surface area contributed by atoms with Gasteiger partial charge in [0, 0.05) is 16.4 Å². The summed E-state index contributed by atoms with van der Waals surface area (Å²) in [6.07, 6.45) is 0. The number of rotatable bonds is 5. The summed E-state index contributed by atoms with van der Waals surface area (Å²) in [6.45, 7) is 1.79. The van der Waals surface area contributed by atoms with Gasteiger partial charge in [0.2, 0.25) is 5.91 Å². The Kier molecular flexibility index (Phi) is 5.06. The highest BCUT2D eigenvalue weighted by Crippen LogP contribution is 2.17. The van der Waals surface area contributed by atoms with E-state index in [9.17, 15) is 4.79 Å². The van der Waals surface area contributed by atoms with Crippen molar-refractivity contribution in [1.29, 1.82) is 0 Å². The Hall–Kier alpha value is -2.20. The van der Waals surface area contributed by atoms with Gasteiger partial charge in [-0.05, 0) is 49.4 Å². The van der Waals surface area contributed by atoms with Crippen molar-refractivity contribution in [3.8, 4) is 5.75 Å². The number of hydrogen-bond acceptors (Lipinski definition) is 3. The van der Waals surface area contributed by atoms with Gasteiger partial charge in [0.15, 0.2) is 0 Å². The van der Waals surface area contributed by atoms with Crippen molar-refractivity contribution in [2.45, 2.75) is 13.0 Å². The Morgan fingerprint density at radius 3 is 2.48 bits per heavy atom. The van der Waals surface area contributed by atoms with E-state index >= 15 is 0 Å². The lowest BCUT2D eigenvalue weighted by Crippen LogP contribution is -2.31. The second kappa shape index (κ2) is 6.99. The molecule has 0 heterocycles. The number of methoxy groups -OCH3 is 1. The van der Waals surface area contributed by atoms with Gasteiger partial charge >= 0.3 is 0 Å². The van der Waals surface area contributed by atoms with Crippen LogP contribution in [0.3, 0.4) is 0 Å². The van der Waals surface area contributed by atoms with Crippen molar-refractivity contribution in [3.63, 3.8) is 0 Å². The van der Waals surface area contributed by atoms with E-state index in [-0.39, 0.29) is 11.9 Å². The van der Waals surface area contributed by atoms with Crippen molar-refractivity contribution in [2.24, 2.45) is 0 Å². The SMILES string of the molecule is COc1ccc(NC(=O)[C@@H](C)Nc2cccc(Cl)c2)cc1. The zero-order chi connectivity index (χ0) is 15.2. The summed E-state index contributed by atoms with van der Waals surface area (Å²) < 4.78 is 5.07. The first-order chi connectivity index (χ1) is 10.1. The van der Waals surface area contributed by atoms with E-state index in [0.717, 1.165) is 17.1 Å². The van der Waals surface area contributed by atoms with Gasteiger partial charge < -0.3 is 15.4 Å². The second-order valence-corrected chi connectivity index (χ2v) is 5.03. The van der Waals surface area contributed by atoms with Gasteiger partial charge in [0.25, 0.3) is 0 Å². The van der Waals surface area contributed by atoms with Gasteiger partial charge in [-0.15, -0.1) is 0 Å². The lowest BCUT2D eigenvalue weighted by atomic mass is 10.2. The molecule has 4 nitrogen and oxygen atoms in total. The number of amides is 1. The van der Waals surface area contributed by atoms with Crippen molar-refractivity contribution in [2.75, 3.05) is 17.7 Å². The third-order valence-corrected chi connectivity index (χ3v) is 3.19. The zero-order valence-electron chi connectivity index (χ0n) is 11.9. The molecule has 0 fully saturated rings. The Bertz CT molecular complexity index is 614. The summed E-state index contributed by atoms with van der Waals surface area (Å²) in [4.78, 5) is 12.1. The third-order valence-electron chi connectivity index (χ3n) is 2.96. The summed E-state index contributed by atoms with van der Waals surface area (Å²) >= 11 is 5.91. The fourth-order valence-electron chi connectivity index (χ4n) is 1.82. The van der Waals surface area contributed by atoms with E-state index in [2.05, 4.69) is 10.6 Å². The first-order valence-corrected chi connectivity index (χ1v) is 6.93. The van der Waals surface area contributed by atoms with E-state index in [1.807, 2.05) is 12.1 Å². The molecule has 110 valence electrons. The van der Waals surface area contributed by atoms with Crippen LogP contribution in [0.15, 0.2) is 48.5 Å². The standard InChI is InChI=1S/C16H17ClN2O2/c1-11(18-14-5-3-4-12(17)10-14)16(20)19-13-6-8-15(21-2)9-7-13/h3-11,18H,1-2H3,(H,19,20)/t11-/m1/s1. The molecule has 2 rings (SSSR count). The first-order valence-electron chi connectivity index (χ1n) is 6.55. The number of halogens is 1. The van der Waals surface area contributed by atoms with Crippen molar-refractivity contribution >= 4 is 28.9 Å². The molecule has 0 spiro atoms. The maximum absolute atomic E-state index is 12.1. The van der Waals surface area contributed by atoms with Crippen LogP contribution in [0, 0.1) is 0 Å². The minimum Gasteiger partial charge on any atom is -0.497 e. The number of nitrogens with one attached hydrogen (secondary N) is 2. The Balaban J connectivity index is 1.95. The average molecular weight is 305 g/mol. The summed E-state index contributed by atoms with van der Waals surface area (Å²) in [5, 5.41) is 6.57. The molecule has 5 heteroatoms. The lowest BCUT2D eigenvalue weighted by molar-refractivity contribution is -0.116. The largest absolute Gasteiger partial charge is 0.497 e. The molecule has 0 aromatic heterocycles. The number of anilines is 2. The molecular weight excluding hydrogens is 288 g/mol. The van der Waals surface area contributed by atoms with Crippen LogP contribution in [0.2, 0.25) is 5.02 Å². The van der Waals surface area contributed by atoms with Gasteiger partial charge in [-0.3, -0.25) is 4.79 Å². The molecule has 0 aliphatic rings. The fraction of sp³-hybridized carbons (Fsp3) is 0.188. The van der Waals surface area contributed by atoms with Gasteiger partial charge in [0.1, 0.15) is 11.8 Å². The van der Waals surface area contributed by atoms with Gasteiger partial charge in [-0.1, -0.05) is 17.7 Å². The Morgan fingerprint density at radius 2 is 1.86 bits per heavy atom. The molecule has 0 unspecified atom stereocenters. The van der Waals surface area contributed by atoms with Crippen LogP contribution >= 0.6 is 11.6 Å². The highest BCUT2D eigenvalue weighted by Gasteiger charge is 2.12. The van der Waals surface area contributed by atoms with Crippen LogP contribution in [-0.4, -0.2) is 19.1 Å². The van der Waals surface area contributed by atoms with Gasteiger partial charge in [-0.2, -0.15) is 0 Å². The molecule has 0 saturated heterocycles. The number of carbonyl (C=O) groups excluding carboxylic acids is 1. The molecule has 0 saturated carbocycles. The molecule has 0 aliphatic heterocycles. The minimum absolute atomic E-state index is 0.125. The highest BCUT2D eigenvalue weighted by molar-refractivity contribution is 6.30. The van der Waals surface area contributed by atoms with Crippen LogP contribution in [0.4, 0.5) is 11.4 Å². The molecule has 2 aromatic rings. The summed E-state index contributed by atoms with van der Waals surface area (Å²) in [7, 11) is 1.60. The van der Waals surface area contributed by atoms with Crippen LogP contribution in [0.25, 0.3) is 0 Å². The van der Waals surface area contributed by atoms with E-state index in [1.54, 1.807) is 50.4 Å². The van der Waals surface area contributed by atoms with Crippen molar-refractivity contribution < 1.29 is 9.53 Å². The topological polar surface area (TPSA) is 50.4 Å². The molecule has 0 bridgehead atoms. The minimum atomic E-state index is -0.384. The van der Waals surface area contributed by atoms with E-state index in [4.69, 9.17) is 16.3 Å².